The van der Waals surface area contributed by atoms with Crippen LogP contribution in [0.3, 0.4) is 0 Å². The van der Waals surface area contributed by atoms with E-state index in [0.717, 1.165) is 11.1 Å². The van der Waals surface area contributed by atoms with Crippen LogP contribution < -0.4 is 16.2 Å². The standard InChI is InChI=1S/C16H16N2O2/c1-11-10-14(7-8-15(11)18)20-16(19)9-4-12-2-5-13(17)6-3-12/h2-10H,17-18H2,1H3/b9-4+. The summed E-state index contributed by atoms with van der Waals surface area (Å²) < 4.78 is 5.19. The number of hydrogen-bond acceptors (Lipinski definition) is 4. The molecule has 0 heterocycles. The van der Waals surface area contributed by atoms with Crippen LogP contribution >= 0.6 is 0 Å². The van der Waals surface area contributed by atoms with Gasteiger partial charge in [0.15, 0.2) is 0 Å². The van der Waals surface area contributed by atoms with Crippen molar-refractivity contribution in [2.75, 3.05) is 11.5 Å². The van der Waals surface area contributed by atoms with Crippen LogP contribution in [0, 0.1) is 6.92 Å². The molecule has 0 aliphatic heterocycles. The Bertz CT molecular complexity index is 646. The normalized spacial score (nSPS) is 10.7. The van der Waals surface area contributed by atoms with Crippen molar-refractivity contribution in [3.05, 3.63) is 59.7 Å². The minimum absolute atomic E-state index is 0.439. The molecule has 0 saturated carbocycles. The lowest BCUT2D eigenvalue weighted by molar-refractivity contribution is -0.128. The van der Waals surface area contributed by atoms with Crippen molar-refractivity contribution in [1.29, 1.82) is 0 Å². The summed E-state index contributed by atoms with van der Waals surface area (Å²) in [7, 11) is 0. The van der Waals surface area contributed by atoms with Crippen LogP contribution in [0.4, 0.5) is 11.4 Å². The number of nitrogen functional groups attached to an aromatic ring is 2. The van der Waals surface area contributed by atoms with Crippen LogP contribution in [-0.2, 0) is 4.79 Å². The van der Waals surface area contributed by atoms with Gasteiger partial charge in [0.05, 0.1) is 0 Å². The summed E-state index contributed by atoms with van der Waals surface area (Å²) in [6, 6.07) is 12.3. The highest BCUT2D eigenvalue weighted by atomic mass is 16.5. The molecule has 0 radical (unpaired) electrons. The number of ether oxygens (including phenoxy) is 1. The zero-order chi connectivity index (χ0) is 14.5. The highest BCUT2D eigenvalue weighted by molar-refractivity contribution is 5.88. The summed E-state index contributed by atoms with van der Waals surface area (Å²) in [6.45, 7) is 1.86. The van der Waals surface area contributed by atoms with Crippen molar-refractivity contribution in [3.8, 4) is 5.75 Å². The van der Waals surface area contributed by atoms with Crippen LogP contribution in [0.15, 0.2) is 48.5 Å². The van der Waals surface area contributed by atoms with E-state index in [-0.39, 0.29) is 0 Å². The first-order valence-electron chi connectivity index (χ1n) is 6.16. The number of nitrogens with two attached hydrogens (primary N) is 2. The summed E-state index contributed by atoms with van der Waals surface area (Å²) in [5.74, 6) is 0.0367. The van der Waals surface area contributed by atoms with E-state index in [2.05, 4.69) is 0 Å². The summed E-state index contributed by atoms with van der Waals surface area (Å²) in [5.41, 5.74) is 14.4. The molecule has 0 fully saturated rings. The topological polar surface area (TPSA) is 78.3 Å². The molecule has 4 N–H and O–H groups in total. The van der Waals surface area contributed by atoms with Gasteiger partial charge in [-0.3, -0.25) is 0 Å². The van der Waals surface area contributed by atoms with Gasteiger partial charge in [-0.15, -0.1) is 0 Å². The molecule has 0 saturated heterocycles. The molecule has 0 aromatic heterocycles. The number of anilines is 2. The molecule has 0 atom stereocenters. The molecule has 2 aromatic rings. The smallest absolute Gasteiger partial charge is 0.336 e. The van der Waals surface area contributed by atoms with E-state index in [0.29, 0.717) is 17.1 Å². The monoisotopic (exact) mass is 268 g/mol. The highest BCUT2D eigenvalue weighted by Gasteiger charge is 2.02. The highest BCUT2D eigenvalue weighted by Crippen LogP contribution is 2.18. The van der Waals surface area contributed by atoms with Crippen molar-refractivity contribution in [2.45, 2.75) is 6.92 Å². The Morgan fingerprint density at radius 3 is 2.45 bits per heavy atom. The molecule has 2 rings (SSSR count). The van der Waals surface area contributed by atoms with E-state index < -0.39 is 5.97 Å². The minimum Gasteiger partial charge on any atom is -0.423 e. The van der Waals surface area contributed by atoms with Gasteiger partial charge < -0.3 is 16.2 Å². The zero-order valence-electron chi connectivity index (χ0n) is 11.2. The van der Waals surface area contributed by atoms with Gasteiger partial charge in [0.25, 0.3) is 0 Å². The van der Waals surface area contributed by atoms with Crippen molar-refractivity contribution < 1.29 is 9.53 Å². The van der Waals surface area contributed by atoms with E-state index in [1.807, 2.05) is 19.1 Å². The molecule has 0 spiro atoms. The van der Waals surface area contributed by atoms with E-state index in [1.165, 1.54) is 6.08 Å². The van der Waals surface area contributed by atoms with Gasteiger partial charge in [-0.25, -0.2) is 4.79 Å². The molecule has 0 amide bonds. The SMILES string of the molecule is Cc1cc(OC(=O)/C=C/c2ccc(N)cc2)ccc1N. The third-order valence-electron chi connectivity index (χ3n) is 2.81. The number of rotatable bonds is 3. The second-order valence-electron chi connectivity index (χ2n) is 4.44. The average molecular weight is 268 g/mol. The molecular weight excluding hydrogens is 252 g/mol. The first-order chi connectivity index (χ1) is 9.54. The van der Waals surface area contributed by atoms with Gasteiger partial charge >= 0.3 is 5.97 Å². The molecule has 4 nitrogen and oxygen atoms in total. The molecule has 0 aliphatic carbocycles. The predicted octanol–water partition coefficient (Wildman–Crippen LogP) is 2.78. The Balaban J connectivity index is 2.01. The lowest BCUT2D eigenvalue weighted by Crippen LogP contribution is -2.04. The minimum atomic E-state index is -0.439. The maximum atomic E-state index is 11.7. The summed E-state index contributed by atoms with van der Waals surface area (Å²) in [6.07, 6.45) is 3.04. The van der Waals surface area contributed by atoms with Gasteiger partial charge in [0.2, 0.25) is 0 Å². The van der Waals surface area contributed by atoms with Gasteiger partial charge in [-0.2, -0.15) is 0 Å². The zero-order valence-corrected chi connectivity index (χ0v) is 11.2. The Morgan fingerprint density at radius 2 is 1.80 bits per heavy atom. The number of carbonyl (C=O) groups excluding carboxylic acids is 1. The summed E-state index contributed by atoms with van der Waals surface area (Å²) in [4.78, 5) is 11.7. The number of hydrogen-bond donors (Lipinski definition) is 2. The molecule has 20 heavy (non-hydrogen) atoms. The van der Waals surface area contributed by atoms with E-state index >= 15 is 0 Å². The maximum Gasteiger partial charge on any atom is 0.336 e. The second kappa shape index (κ2) is 5.93. The second-order valence-corrected chi connectivity index (χ2v) is 4.44. The molecule has 4 heteroatoms. The lowest BCUT2D eigenvalue weighted by Gasteiger charge is -2.04. The molecular formula is C16H16N2O2. The molecule has 2 aromatic carbocycles. The fourth-order valence-electron chi connectivity index (χ4n) is 1.63. The van der Waals surface area contributed by atoms with Crippen molar-refractivity contribution in [1.82, 2.24) is 0 Å². The number of benzene rings is 2. The molecule has 0 bridgehead atoms. The Hall–Kier alpha value is -2.75. The van der Waals surface area contributed by atoms with Crippen LogP contribution in [0.2, 0.25) is 0 Å². The number of aryl methyl sites for hydroxylation is 1. The molecule has 102 valence electrons. The fraction of sp³-hybridized carbons (Fsp3) is 0.0625. The average Bonchev–Trinajstić information content (AvgIpc) is 2.42. The van der Waals surface area contributed by atoms with Gasteiger partial charge in [0.1, 0.15) is 5.75 Å². The first-order valence-corrected chi connectivity index (χ1v) is 6.16. The fourth-order valence-corrected chi connectivity index (χ4v) is 1.63. The Kier molecular flexibility index (Phi) is 4.05. The van der Waals surface area contributed by atoms with Crippen LogP contribution in [-0.4, -0.2) is 5.97 Å². The van der Waals surface area contributed by atoms with Gasteiger partial charge in [-0.05, 0) is 54.5 Å². The first kappa shape index (κ1) is 13.7. The van der Waals surface area contributed by atoms with Gasteiger partial charge in [-0.1, -0.05) is 12.1 Å². The van der Waals surface area contributed by atoms with Crippen LogP contribution in [0.25, 0.3) is 6.08 Å². The van der Waals surface area contributed by atoms with Gasteiger partial charge in [0, 0.05) is 17.5 Å². The van der Waals surface area contributed by atoms with Crippen molar-refractivity contribution in [2.24, 2.45) is 0 Å². The molecule has 0 aliphatic rings. The quantitative estimate of drug-likeness (QED) is 0.388. The lowest BCUT2D eigenvalue weighted by atomic mass is 10.2. The Morgan fingerprint density at radius 1 is 1.10 bits per heavy atom. The van der Waals surface area contributed by atoms with Crippen LogP contribution in [0.5, 0.6) is 5.75 Å². The molecule has 0 unspecified atom stereocenters. The number of esters is 1. The van der Waals surface area contributed by atoms with Crippen LogP contribution in [0.1, 0.15) is 11.1 Å². The Labute approximate surface area is 117 Å². The predicted molar refractivity (Wildman–Crippen MR) is 81.1 cm³/mol. The summed E-state index contributed by atoms with van der Waals surface area (Å²) >= 11 is 0. The van der Waals surface area contributed by atoms with E-state index in [1.54, 1.807) is 36.4 Å². The maximum absolute atomic E-state index is 11.7. The largest absolute Gasteiger partial charge is 0.423 e. The van der Waals surface area contributed by atoms with Crippen molar-refractivity contribution >= 4 is 23.4 Å². The number of carbonyl (C=O) groups is 1. The van der Waals surface area contributed by atoms with E-state index in [9.17, 15) is 4.79 Å². The summed E-state index contributed by atoms with van der Waals surface area (Å²) in [5, 5.41) is 0. The third-order valence-corrected chi connectivity index (χ3v) is 2.81. The van der Waals surface area contributed by atoms with E-state index in [4.69, 9.17) is 16.2 Å². The van der Waals surface area contributed by atoms with Crippen molar-refractivity contribution in [3.63, 3.8) is 0 Å². The third kappa shape index (κ3) is 3.62.